The van der Waals surface area contributed by atoms with Gasteiger partial charge in [-0.3, -0.25) is 14.4 Å². The van der Waals surface area contributed by atoms with Crippen LogP contribution in [0.1, 0.15) is 60.2 Å². The summed E-state index contributed by atoms with van der Waals surface area (Å²) in [6.07, 6.45) is 5.39. The molecule has 1 aliphatic rings. The second-order valence-electron chi connectivity index (χ2n) is 8.88. The molecule has 1 unspecified atom stereocenters. The van der Waals surface area contributed by atoms with Crippen LogP contribution in [0.15, 0.2) is 83.8 Å². The minimum absolute atomic E-state index is 0.0148. The molecule has 0 bridgehead atoms. The minimum Gasteiger partial charge on any atom is -0.326 e. The molecule has 1 aliphatic carbocycles. The molecule has 2 amide bonds. The van der Waals surface area contributed by atoms with Gasteiger partial charge in [-0.1, -0.05) is 49.6 Å². The van der Waals surface area contributed by atoms with Gasteiger partial charge in [-0.05, 0) is 73.9 Å². The standard InChI is InChI=1S/C29H30N2O3S/c1-20(32)21-12-14-24(15-13-21)31-29(34)27(22-8-4-2-5-9-22)35-26-18-16-25(17-19-26)30-28(33)23-10-6-3-7-11-23/h2,4-5,8-9,12-19,23,27H,3,6-7,10-11H2,1H3,(H,30,33)(H,31,34). The Morgan fingerprint density at radius 3 is 2.00 bits per heavy atom. The number of rotatable bonds is 8. The number of hydrogen-bond donors (Lipinski definition) is 2. The zero-order chi connectivity index (χ0) is 24.6. The second-order valence-corrected chi connectivity index (χ2v) is 10.1. The van der Waals surface area contributed by atoms with Crippen LogP contribution < -0.4 is 10.6 Å². The van der Waals surface area contributed by atoms with Crippen molar-refractivity contribution in [1.82, 2.24) is 0 Å². The fourth-order valence-electron chi connectivity index (χ4n) is 4.26. The summed E-state index contributed by atoms with van der Waals surface area (Å²) in [6.45, 7) is 1.52. The summed E-state index contributed by atoms with van der Waals surface area (Å²) in [6, 6.07) is 24.2. The Labute approximate surface area is 210 Å². The molecule has 180 valence electrons. The molecular formula is C29H30N2O3S. The summed E-state index contributed by atoms with van der Waals surface area (Å²) < 4.78 is 0. The summed E-state index contributed by atoms with van der Waals surface area (Å²) in [7, 11) is 0. The van der Waals surface area contributed by atoms with Gasteiger partial charge in [0.05, 0.1) is 0 Å². The first-order chi connectivity index (χ1) is 17.0. The number of nitrogens with one attached hydrogen (secondary N) is 2. The number of ketones is 1. The molecule has 0 aliphatic heterocycles. The molecule has 0 saturated heterocycles. The zero-order valence-electron chi connectivity index (χ0n) is 19.8. The van der Waals surface area contributed by atoms with E-state index in [2.05, 4.69) is 10.6 Å². The van der Waals surface area contributed by atoms with Crippen molar-refractivity contribution in [2.24, 2.45) is 5.92 Å². The third-order valence-corrected chi connectivity index (χ3v) is 7.52. The lowest BCUT2D eigenvalue weighted by molar-refractivity contribution is -0.120. The van der Waals surface area contributed by atoms with Crippen molar-refractivity contribution >= 4 is 40.7 Å². The Balaban J connectivity index is 1.45. The lowest BCUT2D eigenvalue weighted by Gasteiger charge is -2.21. The Hall–Kier alpha value is -3.38. The molecule has 3 aromatic rings. The number of anilines is 2. The molecule has 5 nitrogen and oxygen atoms in total. The monoisotopic (exact) mass is 486 g/mol. The number of benzene rings is 3. The summed E-state index contributed by atoms with van der Waals surface area (Å²) in [5, 5.41) is 5.55. The number of carbonyl (C=O) groups is 3. The normalized spacial score (nSPS) is 14.7. The summed E-state index contributed by atoms with van der Waals surface area (Å²) >= 11 is 1.45. The molecule has 6 heteroatoms. The minimum atomic E-state index is -0.466. The quantitative estimate of drug-likeness (QED) is 0.269. The van der Waals surface area contributed by atoms with E-state index in [1.807, 2.05) is 54.6 Å². The second kappa shape index (κ2) is 11.8. The number of thioether (sulfide) groups is 1. The van der Waals surface area contributed by atoms with E-state index in [1.54, 1.807) is 24.3 Å². The molecule has 0 spiro atoms. The molecular weight excluding hydrogens is 456 g/mol. The number of carbonyl (C=O) groups excluding carboxylic acids is 3. The van der Waals surface area contributed by atoms with Crippen LogP contribution in [0.4, 0.5) is 11.4 Å². The predicted octanol–water partition coefficient (Wildman–Crippen LogP) is 6.88. The molecule has 4 rings (SSSR count). The summed E-state index contributed by atoms with van der Waals surface area (Å²) in [5.74, 6) is 0.0429. The number of hydrogen-bond acceptors (Lipinski definition) is 4. The van der Waals surface area contributed by atoms with Crippen molar-refractivity contribution in [3.63, 3.8) is 0 Å². The van der Waals surface area contributed by atoms with Crippen LogP contribution in [0.25, 0.3) is 0 Å². The van der Waals surface area contributed by atoms with E-state index in [9.17, 15) is 14.4 Å². The maximum absolute atomic E-state index is 13.3. The lowest BCUT2D eigenvalue weighted by atomic mass is 9.88. The fourth-order valence-corrected chi connectivity index (χ4v) is 5.28. The average molecular weight is 487 g/mol. The van der Waals surface area contributed by atoms with Crippen LogP contribution in [-0.4, -0.2) is 17.6 Å². The van der Waals surface area contributed by atoms with Crippen molar-refractivity contribution in [1.29, 1.82) is 0 Å². The van der Waals surface area contributed by atoms with E-state index in [1.165, 1.54) is 25.1 Å². The van der Waals surface area contributed by atoms with Gasteiger partial charge >= 0.3 is 0 Å². The highest BCUT2D eigenvalue weighted by Gasteiger charge is 2.23. The third-order valence-electron chi connectivity index (χ3n) is 6.25. The van der Waals surface area contributed by atoms with Crippen molar-refractivity contribution in [2.75, 3.05) is 10.6 Å². The first-order valence-electron chi connectivity index (χ1n) is 12.0. The van der Waals surface area contributed by atoms with Crippen molar-refractivity contribution in [3.05, 3.63) is 90.0 Å². The highest BCUT2D eigenvalue weighted by molar-refractivity contribution is 8.00. The first-order valence-corrected chi connectivity index (χ1v) is 12.9. The molecule has 1 saturated carbocycles. The Bertz CT molecular complexity index is 1150. The maximum atomic E-state index is 13.3. The van der Waals surface area contributed by atoms with Gasteiger partial charge in [-0.15, -0.1) is 11.8 Å². The summed E-state index contributed by atoms with van der Waals surface area (Å²) in [5.41, 5.74) is 2.91. The molecule has 35 heavy (non-hydrogen) atoms. The van der Waals surface area contributed by atoms with Crippen LogP contribution in [0, 0.1) is 5.92 Å². The molecule has 0 radical (unpaired) electrons. The molecule has 0 heterocycles. The van der Waals surface area contributed by atoms with Gasteiger partial charge in [-0.25, -0.2) is 0 Å². The predicted molar refractivity (Wildman–Crippen MR) is 142 cm³/mol. The lowest BCUT2D eigenvalue weighted by Crippen LogP contribution is -2.24. The van der Waals surface area contributed by atoms with Gasteiger partial charge in [0.25, 0.3) is 0 Å². The van der Waals surface area contributed by atoms with Crippen LogP contribution in [0.5, 0.6) is 0 Å². The first kappa shape index (κ1) is 24.7. The molecule has 1 fully saturated rings. The van der Waals surface area contributed by atoms with Crippen LogP contribution in [-0.2, 0) is 9.59 Å². The van der Waals surface area contributed by atoms with Crippen molar-refractivity contribution in [3.8, 4) is 0 Å². The fraction of sp³-hybridized carbons (Fsp3) is 0.276. The van der Waals surface area contributed by atoms with Gasteiger partial charge in [0, 0.05) is 27.8 Å². The Morgan fingerprint density at radius 1 is 0.771 bits per heavy atom. The average Bonchev–Trinajstić information content (AvgIpc) is 2.89. The van der Waals surface area contributed by atoms with Gasteiger partial charge in [0.2, 0.25) is 11.8 Å². The van der Waals surface area contributed by atoms with E-state index in [4.69, 9.17) is 0 Å². The Kier molecular flexibility index (Phi) is 8.37. The molecule has 3 aromatic carbocycles. The van der Waals surface area contributed by atoms with Crippen LogP contribution in [0.3, 0.4) is 0 Å². The molecule has 0 aromatic heterocycles. The highest BCUT2D eigenvalue weighted by atomic mass is 32.2. The van der Waals surface area contributed by atoms with E-state index in [-0.39, 0.29) is 23.5 Å². The van der Waals surface area contributed by atoms with Gasteiger partial charge < -0.3 is 10.6 Å². The van der Waals surface area contributed by atoms with Crippen LogP contribution >= 0.6 is 11.8 Å². The topological polar surface area (TPSA) is 75.3 Å². The zero-order valence-corrected chi connectivity index (χ0v) is 20.6. The van der Waals surface area contributed by atoms with Gasteiger partial charge in [0.15, 0.2) is 5.78 Å². The highest BCUT2D eigenvalue weighted by Crippen LogP contribution is 2.37. The maximum Gasteiger partial charge on any atom is 0.242 e. The van der Waals surface area contributed by atoms with E-state index < -0.39 is 5.25 Å². The van der Waals surface area contributed by atoms with Crippen LogP contribution in [0.2, 0.25) is 0 Å². The van der Waals surface area contributed by atoms with E-state index >= 15 is 0 Å². The number of Topliss-reactive ketones (excluding diaryl/α,β-unsaturated/α-hetero) is 1. The smallest absolute Gasteiger partial charge is 0.242 e. The van der Waals surface area contributed by atoms with Crippen molar-refractivity contribution < 1.29 is 14.4 Å². The molecule has 1 atom stereocenters. The van der Waals surface area contributed by atoms with E-state index in [0.717, 1.165) is 41.8 Å². The van der Waals surface area contributed by atoms with Crippen molar-refractivity contribution in [2.45, 2.75) is 49.2 Å². The van der Waals surface area contributed by atoms with Gasteiger partial charge in [-0.2, -0.15) is 0 Å². The SMILES string of the molecule is CC(=O)c1ccc(NC(=O)C(Sc2ccc(NC(=O)C3CCCCC3)cc2)c2ccccc2)cc1. The summed E-state index contributed by atoms with van der Waals surface area (Å²) in [4.78, 5) is 38.3. The largest absolute Gasteiger partial charge is 0.326 e. The van der Waals surface area contributed by atoms with Gasteiger partial charge in [0.1, 0.15) is 5.25 Å². The number of amides is 2. The van der Waals surface area contributed by atoms with E-state index in [0.29, 0.717) is 11.3 Å². The Morgan fingerprint density at radius 2 is 1.37 bits per heavy atom. The molecule has 2 N–H and O–H groups in total. The third kappa shape index (κ3) is 6.83.